The van der Waals surface area contributed by atoms with Gasteiger partial charge in [-0.3, -0.25) is 10.1 Å². The predicted molar refractivity (Wildman–Crippen MR) is 99.1 cm³/mol. The van der Waals surface area contributed by atoms with E-state index in [0.29, 0.717) is 35.6 Å². The van der Waals surface area contributed by atoms with Gasteiger partial charge in [-0.15, -0.1) is 11.3 Å². The molecule has 0 saturated heterocycles. The van der Waals surface area contributed by atoms with Crippen molar-refractivity contribution in [3.05, 3.63) is 53.7 Å². The van der Waals surface area contributed by atoms with Gasteiger partial charge in [0.15, 0.2) is 23.2 Å². The van der Waals surface area contributed by atoms with E-state index in [2.05, 4.69) is 10.3 Å². The van der Waals surface area contributed by atoms with Crippen molar-refractivity contribution < 1.29 is 23.4 Å². The molecule has 0 saturated carbocycles. The minimum atomic E-state index is -0.420. The van der Waals surface area contributed by atoms with Crippen molar-refractivity contribution in [2.24, 2.45) is 0 Å². The summed E-state index contributed by atoms with van der Waals surface area (Å²) in [4.78, 5) is 16.4. The van der Waals surface area contributed by atoms with Gasteiger partial charge in [-0.05, 0) is 30.3 Å². The van der Waals surface area contributed by atoms with Crippen LogP contribution in [-0.4, -0.2) is 30.7 Å². The highest BCUT2D eigenvalue weighted by Crippen LogP contribution is 2.35. The first-order chi connectivity index (χ1) is 13.2. The number of fused-ring (bicyclic) bond motifs is 1. The molecule has 0 radical (unpaired) electrons. The van der Waals surface area contributed by atoms with Gasteiger partial charge in [-0.2, -0.15) is 0 Å². The van der Waals surface area contributed by atoms with E-state index < -0.39 is 5.82 Å². The lowest BCUT2D eigenvalue weighted by atomic mass is 10.1. The van der Waals surface area contributed by atoms with Gasteiger partial charge in [-0.1, -0.05) is 6.07 Å². The number of rotatable bonds is 5. The summed E-state index contributed by atoms with van der Waals surface area (Å²) in [7, 11) is 0. The molecule has 0 fully saturated rings. The molecule has 2 aromatic carbocycles. The van der Waals surface area contributed by atoms with Crippen LogP contribution in [0, 0.1) is 5.82 Å². The Morgan fingerprint density at radius 2 is 2.04 bits per heavy atom. The normalized spacial score (nSPS) is 12.5. The molecular formula is C19H15FN2O4S. The molecule has 8 heteroatoms. The van der Waals surface area contributed by atoms with Crippen molar-refractivity contribution in [1.29, 1.82) is 0 Å². The zero-order valence-electron chi connectivity index (χ0n) is 14.1. The van der Waals surface area contributed by atoms with Gasteiger partial charge in [0.1, 0.15) is 24.8 Å². The molecule has 1 aliphatic heterocycles. The number of carbonyl (C=O) groups is 1. The van der Waals surface area contributed by atoms with Crippen LogP contribution in [0.25, 0.3) is 11.3 Å². The number of benzene rings is 2. The summed E-state index contributed by atoms with van der Waals surface area (Å²) in [5, 5.41) is 4.97. The molecule has 0 bridgehead atoms. The van der Waals surface area contributed by atoms with Gasteiger partial charge in [0.2, 0.25) is 0 Å². The number of nitrogens with one attached hydrogen (secondary N) is 1. The van der Waals surface area contributed by atoms with Crippen LogP contribution in [0.5, 0.6) is 17.2 Å². The summed E-state index contributed by atoms with van der Waals surface area (Å²) in [6.07, 6.45) is 0. The second-order valence-electron chi connectivity index (χ2n) is 5.69. The summed E-state index contributed by atoms with van der Waals surface area (Å²) >= 11 is 1.30. The van der Waals surface area contributed by atoms with Gasteiger partial charge >= 0.3 is 0 Å². The fourth-order valence-electron chi connectivity index (χ4n) is 2.53. The molecule has 0 atom stereocenters. The van der Waals surface area contributed by atoms with Gasteiger partial charge in [0, 0.05) is 17.0 Å². The molecule has 1 amide bonds. The number of ether oxygens (including phenoxy) is 3. The third kappa shape index (κ3) is 4.17. The Morgan fingerprint density at radius 3 is 2.89 bits per heavy atom. The number of aromatic nitrogens is 1. The first-order valence-corrected chi connectivity index (χ1v) is 9.09. The third-order valence-corrected chi connectivity index (χ3v) is 4.51. The molecule has 1 aromatic heterocycles. The second-order valence-corrected chi connectivity index (χ2v) is 6.55. The zero-order chi connectivity index (χ0) is 18.6. The first-order valence-electron chi connectivity index (χ1n) is 8.21. The molecular weight excluding hydrogens is 371 g/mol. The van der Waals surface area contributed by atoms with E-state index in [4.69, 9.17) is 14.2 Å². The average Bonchev–Trinajstić information content (AvgIpc) is 3.14. The number of carbonyl (C=O) groups excluding carboxylic acids is 1. The Balaban J connectivity index is 1.38. The van der Waals surface area contributed by atoms with Crippen molar-refractivity contribution >= 4 is 22.4 Å². The SMILES string of the molecule is O=C(COc1cccc(F)c1)Nc1nc(-c2ccc3c(c2)OCCO3)cs1. The average molecular weight is 386 g/mol. The summed E-state index contributed by atoms with van der Waals surface area (Å²) in [5.74, 6) is 0.893. The highest BCUT2D eigenvalue weighted by Gasteiger charge is 2.14. The molecule has 2 heterocycles. The summed E-state index contributed by atoms with van der Waals surface area (Å²) in [5.41, 5.74) is 1.59. The van der Waals surface area contributed by atoms with E-state index >= 15 is 0 Å². The molecule has 1 N–H and O–H groups in total. The second kappa shape index (κ2) is 7.63. The first kappa shape index (κ1) is 17.3. The lowest BCUT2D eigenvalue weighted by Gasteiger charge is -2.18. The molecule has 0 unspecified atom stereocenters. The Hall–Kier alpha value is -3.13. The smallest absolute Gasteiger partial charge is 0.264 e. The third-order valence-electron chi connectivity index (χ3n) is 3.75. The Morgan fingerprint density at radius 1 is 1.19 bits per heavy atom. The number of thiazole rings is 1. The maximum absolute atomic E-state index is 13.1. The number of hydrogen-bond acceptors (Lipinski definition) is 6. The lowest BCUT2D eigenvalue weighted by Crippen LogP contribution is -2.20. The predicted octanol–water partition coefficient (Wildman–Crippen LogP) is 3.74. The van der Waals surface area contributed by atoms with Crippen molar-refractivity contribution in [2.75, 3.05) is 25.1 Å². The minimum absolute atomic E-state index is 0.234. The van der Waals surface area contributed by atoms with Crippen LogP contribution in [-0.2, 0) is 4.79 Å². The van der Waals surface area contributed by atoms with E-state index in [-0.39, 0.29) is 12.5 Å². The quantitative estimate of drug-likeness (QED) is 0.723. The maximum Gasteiger partial charge on any atom is 0.264 e. The van der Waals surface area contributed by atoms with Crippen LogP contribution in [0.2, 0.25) is 0 Å². The Labute approximate surface area is 158 Å². The standard InChI is InChI=1S/C19H15FN2O4S/c20-13-2-1-3-14(9-13)26-10-18(23)22-19-21-15(11-27-19)12-4-5-16-17(8-12)25-7-6-24-16/h1-5,8-9,11H,6-7,10H2,(H,21,22,23). The molecule has 27 heavy (non-hydrogen) atoms. The highest BCUT2D eigenvalue weighted by molar-refractivity contribution is 7.14. The van der Waals surface area contributed by atoms with Crippen molar-refractivity contribution in [3.63, 3.8) is 0 Å². The monoisotopic (exact) mass is 386 g/mol. The summed E-state index contributed by atoms with van der Waals surface area (Å²) in [6, 6.07) is 11.2. The van der Waals surface area contributed by atoms with Crippen molar-refractivity contribution in [3.8, 4) is 28.5 Å². The minimum Gasteiger partial charge on any atom is -0.486 e. The summed E-state index contributed by atoms with van der Waals surface area (Å²) in [6.45, 7) is 0.819. The number of halogens is 1. The fraction of sp³-hybridized carbons (Fsp3) is 0.158. The zero-order valence-corrected chi connectivity index (χ0v) is 14.9. The summed E-state index contributed by atoms with van der Waals surface area (Å²) < 4.78 is 29.5. The molecule has 3 aromatic rings. The largest absolute Gasteiger partial charge is 0.486 e. The van der Waals surface area contributed by atoms with Crippen LogP contribution in [0.4, 0.5) is 9.52 Å². The molecule has 0 spiro atoms. The Bertz CT molecular complexity index is 976. The van der Waals surface area contributed by atoms with E-state index in [1.54, 1.807) is 6.07 Å². The van der Waals surface area contributed by atoms with Crippen LogP contribution in [0.15, 0.2) is 47.8 Å². The van der Waals surface area contributed by atoms with E-state index in [1.807, 2.05) is 23.6 Å². The number of anilines is 1. The molecule has 4 rings (SSSR count). The number of hydrogen-bond donors (Lipinski definition) is 1. The molecule has 1 aliphatic rings. The van der Waals surface area contributed by atoms with Crippen LogP contribution >= 0.6 is 11.3 Å². The van der Waals surface area contributed by atoms with Gasteiger partial charge in [0.05, 0.1) is 5.69 Å². The van der Waals surface area contributed by atoms with E-state index in [0.717, 1.165) is 11.3 Å². The molecule has 0 aliphatic carbocycles. The Kier molecular flexibility index (Phi) is 4.88. The molecule has 138 valence electrons. The maximum atomic E-state index is 13.1. The van der Waals surface area contributed by atoms with Crippen LogP contribution < -0.4 is 19.5 Å². The van der Waals surface area contributed by atoms with E-state index in [9.17, 15) is 9.18 Å². The van der Waals surface area contributed by atoms with Gasteiger partial charge in [-0.25, -0.2) is 9.37 Å². The van der Waals surface area contributed by atoms with E-state index in [1.165, 1.54) is 29.5 Å². The van der Waals surface area contributed by atoms with Crippen LogP contribution in [0.3, 0.4) is 0 Å². The topological polar surface area (TPSA) is 69.7 Å². The van der Waals surface area contributed by atoms with Crippen LogP contribution in [0.1, 0.15) is 0 Å². The van der Waals surface area contributed by atoms with Gasteiger partial charge in [0.25, 0.3) is 5.91 Å². The molecule has 6 nitrogen and oxygen atoms in total. The van der Waals surface area contributed by atoms with Gasteiger partial charge < -0.3 is 14.2 Å². The highest BCUT2D eigenvalue weighted by atomic mass is 32.1. The lowest BCUT2D eigenvalue weighted by molar-refractivity contribution is -0.118. The number of amides is 1. The number of nitrogens with zero attached hydrogens (tertiary/aromatic N) is 1. The van der Waals surface area contributed by atoms with Crippen molar-refractivity contribution in [1.82, 2.24) is 4.98 Å². The van der Waals surface area contributed by atoms with Crippen molar-refractivity contribution in [2.45, 2.75) is 0 Å². The fourth-order valence-corrected chi connectivity index (χ4v) is 3.26.